The molecule has 2 amide bonds. The number of carbonyl (C=O) groups excluding carboxylic acids is 2. The van der Waals surface area contributed by atoms with Crippen molar-refractivity contribution in [3.63, 3.8) is 0 Å². The van der Waals surface area contributed by atoms with Crippen LogP contribution in [-0.4, -0.2) is 67.7 Å². The van der Waals surface area contributed by atoms with Gasteiger partial charge in [-0.2, -0.15) is 4.99 Å². The van der Waals surface area contributed by atoms with E-state index in [4.69, 9.17) is 14.2 Å². The molecule has 0 radical (unpaired) electrons. The Labute approximate surface area is 155 Å². The number of hydrogen-bond acceptors (Lipinski definition) is 7. The minimum atomic E-state index is -0.503. The van der Waals surface area contributed by atoms with Crippen molar-refractivity contribution in [3.05, 3.63) is 18.2 Å². The zero-order valence-electron chi connectivity index (χ0n) is 14.7. The molecule has 1 aromatic rings. The minimum absolute atomic E-state index is 0.0516. The number of rotatable bonds is 5. The molecule has 2 aliphatic heterocycles. The van der Waals surface area contributed by atoms with E-state index in [-0.39, 0.29) is 18.2 Å². The van der Waals surface area contributed by atoms with Gasteiger partial charge in [0.2, 0.25) is 5.91 Å². The summed E-state index contributed by atoms with van der Waals surface area (Å²) in [6.45, 7) is 2.66. The molecule has 3 rings (SSSR count). The van der Waals surface area contributed by atoms with Gasteiger partial charge in [-0.1, -0.05) is 11.8 Å². The molecule has 1 aromatic carbocycles. The number of aliphatic imine (C=N–C) groups is 1. The van der Waals surface area contributed by atoms with Gasteiger partial charge in [-0.05, 0) is 12.1 Å². The molecule has 1 atom stereocenters. The first-order valence-electron chi connectivity index (χ1n) is 8.24. The number of morpholine rings is 1. The summed E-state index contributed by atoms with van der Waals surface area (Å²) in [6, 6.07) is 5.12. The standard InChI is InChI=1S/C17H21N3O5S/c1-23-11-3-4-12(13(9-11)24-2)18-15(21)10-14-16(22)19-17(26-14)20-5-7-25-8-6-20/h3-4,9,14H,5-8,10H2,1-2H3,(H,18,21). The van der Waals surface area contributed by atoms with Gasteiger partial charge in [0.15, 0.2) is 5.17 Å². The van der Waals surface area contributed by atoms with Crippen molar-refractivity contribution in [2.75, 3.05) is 45.8 Å². The fourth-order valence-electron chi connectivity index (χ4n) is 2.67. The maximum absolute atomic E-state index is 12.4. The number of hydrogen-bond donors (Lipinski definition) is 1. The third-order valence-electron chi connectivity index (χ3n) is 4.06. The lowest BCUT2D eigenvalue weighted by Crippen LogP contribution is -2.39. The van der Waals surface area contributed by atoms with E-state index in [0.717, 1.165) is 0 Å². The number of carbonyl (C=O) groups is 2. The van der Waals surface area contributed by atoms with Crippen molar-refractivity contribution in [2.45, 2.75) is 11.7 Å². The van der Waals surface area contributed by atoms with E-state index in [9.17, 15) is 9.59 Å². The summed E-state index contributed by atoms with van der Waals surface area (Å²) >= 11 is 1.34. The van der Waals surface area contributed by atoms with Crippen LogP contribution in [0.15, 0.2) is 23.2 Å². The first-order chi connectivity index (χ1) is 12.6. The van der Waals surface area contributed by atoms with E-state index < -0.39 is 5.25 Å². The summed E-state index contributed by atoms with van der Waals surface area (Å²) in [5, 5.41) is 2.96. The van der Waals surface area contributed by atoms with Gasteiger partial charge >= 0.3 is 0 Å². The van der Waals surface area contributed by atoms with Gasteiger partial charge in [0.1, 0.15) is 16.7 Å². The van der Waals surface area contributed by atoms with Gasteiger partial charge in [0.05, 0.1) is 33.1 Å². The van der Waals surface area contributed by atoms with Crippen LogP contribution in [0.5, 0.6) is 11.5 Å². The maximum Gasteiger partial charge on any atom is 0.262 e. The molecular weight excluding hydrogens is 358 g/mol. The zero-order valence-corrected chi connectivity index (χ0v) is 15.5. The molecule has 0 aromatic heterocycles. The number of nitrogens with zero attached hydrogens (tertiary/aromatic N) is 2. The molecule has 0 spiro atoms. The van der Waals surface area contributed by atoms with Gasteiger partial charge in [-0.3, -0.25) is 9.59 Å². The second-order valence-corrected chi connectivity index (χ2v) is 6.93. The first-order valence-corrected chi connectivity index (χ1v) is 9.12. The van der Waals surface area contributed by atoms with Crippen LogP contribution in [0.2, 0.25) is 0 Å². The molecule has 8 nitrogen and oxygen atoms in total. The molecule has 0 bridgehead atoms. The Hall–Kier alpha value is -2.26. The number of anilines is 1. The highest BCUT2D eigenvalue weighted by Crippen LogP contribution is 2.31. The van der Waals surface area contributed by atoms with Gasteiger partial charge in [-0.15, -0.1) is 0 Å². The van der Waals surface area contributed by atoms with Crippen LogP contribution in [-0.2, 0) is 14.3 Å². The van der Waals surface area contributed by atoms with Crippen molar-refractivity contribution in [1.82, 2.24) is 4.90 Å². The molecule has 1 fully saturated rings. The van der Waals surface area contributed by atoms with E-state index >= 15 is 0 Å². The predicted molar refractivity (Wildman–Crippen MR) is 99.0 cm³/mol. The quantitative estimate of drug-likeness (QED) is 0.826. The Bertz CT molecular complexity index is 718. The minimum Gasteiger partial charge on any atom is -0.497 e. The molecule has 2 heterocycles. The van der Waals surface area contributed by atoms with Crippen LogP contribution in [0.3, 0.4) is 0 Å². The molecule has 1 unspecified atom stereocenters. The van der Waals surface area contributed by atoms with Crippen LogP contribution in [0.4, 0.5) is 5.69 Å². The van der Waals surface area contributed by atoms with Crippen molar-refractivity contribution in [2.24, 2.45) is 4.99 Å². The van der Waals surface area contributed by atoms with Gasteiger partial charge in [0, 0.05) is 25.6 Å². The molecule has 0 saturated carbocycles. The first kappa shape index (κ1) is 18.5. The Kier molecular flexibility index (Phi) is 6.00. The monoisotopic (exact) mass is 379 g/mol. The molecule has 0 aliphatic carbocycles. The number of benzene rings is 1. The Morgan fingerprint density at radius 2 is 2.12 bits per heavy atom. The molecule has 9 heteroatoms. The molecule has 26 heavy (non-hydrogen) atoms. The average Bonchev–Trinajstić information content (AvgIpc) is 3.03. The number of amides is 2. The lowest BCUT2D eigenvalue weighted by molar-refractivity contribution is -0.121. The summed E-state index contributed by atoms with van der Waals surface area (Å²) in [4.78, 5) is 30.6. The second kappa shape index (κ2) is 8.41. The summed E-state index contributed by atoms with van der Waals surface area (Å²) in [7, 11) is 3.07. The summed E-state index contributed by atoms with van der Waals surface area (Å²) < 4.78 is 15.7. The topological polar surface area (TPSA) is 89.5 Å². The predicted octanol–water partition coefficient (Wildman–Crippen LogP) is 1.36. The number of ether oxygens (including phenoxy) is 3. The summed E-state index contributed by atoms with van der Waals surface area (Å²) in [6.07, 6.45) is 0.0516. The largest absolute Gasteiger partial charge is 0.497 e. The van der Waals surface area contributed by atoms with Crippen LogP contribution in [0.25, 0.3) is 0 Å². The van der Waals surface area contributed by atoms with Gasteiger partial charge in [-0.25, -0.2) is 0 Å². The zero-order chi connectivity index (χ0) is 18.5. The van der Waals surface area contributed by atoms with Crippen molar-refractivity contribution in [1.29, 1.82) is 0 Å². The highest BCUT2D eigenvalue weighted by molar-refractivity contribution is 8.15. The van der Waals surface area contributed by atoms with Crippen molar-refractivity contribution < 1.29 is 23.8 Å². The number of methoxy groups -OCH3 is 2. The van der Waals surface area contributed by atoms with E-state index in [1.165, 1.54) is 18.9 Å². The van der Waals surface area contributed by atoms with Crippen LogP contribution >= 0.6 is 11.8 Å². The van der Waals surface area contributed by atoms with Crippen LogP contribution < -0.4 is 14.8 Å². The molecular formula is C17H21N3O5S. The number of nitrogens with one attached hydrogen (secondary N) is 1. The fraction of sp³-hybridized carbons (Fsp3) is 0.471. The van der Waals surface area contributed by atoms with Crippen LogP contribution in [0, 0.1) is 0 Å². The number of amidine groups is 1. The fourth-order valence-corrected chi connectivity index (χ4v) is 3.79. The van der Waals surface area contributed by atoms with Crippen molar-refractivity contribution in [3.8, 4) is 11.5 Å². The molecule has 1 saturated heterocycles. The summed E-state index contributed by atoms with van der Waals surface area (Å²) in [5.74, 6) is 0.587. The average molecular weight is 379 g/mol. The Morgan fingerprint density at radius 3 is 2.81 bits per heavy atom. The van der Waals surface area contributed by atoms with E-state index in [1.54, 1.807) is 25.3 Å². The summed E-state index contributed by atoms with van der Waals surface area (Å²) in [5.41, 5.74) is 0.531. The smallest absolute Gasteiger partial charge is 0.262 e. The van der Waals surface area contributed by atoms with E-state index in [1.807, 2.05) is 4.90 Å². The van der Waals surface area contributed by atoms with Crippen LogP contribution in [0.1, 0.15) is 6.42 Å². The molecule has 140 valence electrons. The highest BCUT2D eigenvalue weighted by atomic mass is 32.2. The maximum atomic E-state index is 12.4. The van der Waals surface area contributed by atoms with Gasteiger partial charge in [0.25, 0.3) is 5.91 Å². The normalized spacial score (nSPS) is 19.9. The SMILES string of the molecule is COc1ccc(NC(=O)CC2SC(N3CCOCC3)=NC2=O)c(OC)c1. The molecule has 2 aliphatic rings. The lowest BCUT2D eigenvalue weighted by atomic mass is 10.2. The number of thioether (sulfide) groups is 1. The Morgan fingerprint density at radius 1 is 1.35 bits per heavy atom. The van der Waals surface area contributed by atoms with Gasteiger partial charge < -0.3 is 24.4 Å². The van der Waals surface area contributed by atoms with Crippen molar-refractivity contribution >= 4 is 34.4 Å². The second-order valence-electron chi connectivity index (χ2n) is 5.76. The third kappa shape index (κ3) is 4.28. The lowest BCUT2D eigenvalue weighted by Gasteiger charge is -2.27. The third-order valence-corrected chi connectivity index (χ3v) is 5.28. The van der Waals surface area contributed by atoms with E-state index in [2.05, 4.69) is 10.3 Å². The van der Waals surface area contributed by atoms with E-state index in [0.29, 0.717) is 48.7 Å². The highest BCUT2D eigenvalue weighted by Gasteiger charge is 2.33. The Balaban J connectivity index is 1.58. The molecule has 1 N–H and O–H groups in total.